The summed E-state index contributed by atoms with van der Waals surface area (Å²) in [7, 11) is 4.39. The second-order valence-electron chi connectivity index (χ2n) is 3.22. The molecule has 0 fully saturated rings. The second-order valence-corrected chi connectivity index (χ2v) is 4.22. The van der Waals surface area contributed by atoms with Crippen molar-refractivity contribution >= 4 is 29.2 Å². The first kappa shape index (κ1) is 15.5. The summed E-state index contributed by atoms with van der Waals surface area (Å²) in [6.07, 6.45) is 0.937. The highest BCUT2D eigenvalue weighted by Crippen LogP contribution is 2.40. The van der Waals surface area contributed by atoms with Gasteiger partial charge in [0.25, 0.3) is 0 Å². The van der Waals surface area contributed by atoms with Crippen LogP contribution in [-0.4, -0.2) is 27.3 Å². The number of ether oxygens (including phenoxy) is 4. The molecular formula is C12H12Cl2O5. The highest BCUT2D eigenvalue weighted by atomic mass is 35.5. The number of rotatable bonds is 5. The number of carbonyl (C=O) groups is 1. The van der Waals surface area contributed by atoms with Gasteiger partial charge in [-0.05, 0) is 0 Å². The van der Waals surface area contributed by atoms with Crippen molar-refractivity contribution in [1.82, 2.24) is 0 Å². The zero-order chi connectivity index (χ0) is 14.4. The summed E-state index contributed by atoms with van der Waals surface area (Å²) < 4.78 is 20.2. The average Bonchev–Trinajstić information content (AvgIpc) is 2.36. The molecule has 0 aromatic heterocycles. The van der Waals surface area contributed by atoms with E-state index in [2.05, 4.69) is 0 Å². The van der Waals surface area contributed by atoms with Crippen molar-refractivity contribution in [3.63, 3.8) is 0 Å². The van der Waals surface area contributed by atoms with Gasteiger partial charge in [-0.25, -0.2) is 4.79 Å². The van der Waals surface area contributed by atoms with Crippen molar-refractivity contribution in [2.45, 2.75) is 0 Å². The first-order chi connectivity index (χ1) is 9.01. The standard InChI is InChI=1S/C12H12Cl2O5/c1-16-8-4-7(19-11(15)6-10(13)14)5-9(17-2)12(8)18-3/h4-6H,1-3H3. The van der Waals surface area contributed by atoms with Crippen LogP contribution in [0.1, 0.15) is 0 Å². The summed E-state index contributed by atoms with van der Waals surface area (Å²) in [5.41, 5.74) is 0. The molecule has 0 amide bonds. The topological polar surface area (TPSA) is 54.0 Å². The molecule has 0 heterocycles. The van der Waals surface area contributed by atoms with E-state index in [0.29, 0.717) is 17.2 Å². The number of benzene rings is 1. The van der Waals surface area contributed by atoms with E-state index < -0.39 is 5.97 Å². The Bertz CT molecular complexity index is 470. The molecule has 0 atom stereocenters. The van der Waals surface area contributed by atoms with Crippen LogP contribution in [0, 0.1) is 0 Å². The third kappa shape index (κ3) is 4.22. The average molecular weight is 307 g/mol. The molecule has 0 aliphatic heterocycles. The fraction of sp³-hybridized carbons (Fsp3) is 0.250. The molecular weight excluding hydrogens is 295 g/mol. The summed E-state index contributed by atoms with van der Waals surface area (Å²) in [6, 6.07) is 2.96. The predicted molar refractivity (Wildman–Crippen MR) is 71.5 cm³/mol. The van der Waals surface area contributed by atoms with Crippen LogP contribution in [0.5, 0.6) is 23.0 Å². The van der Waals surface area contributed by atoms with Crippen LogP contribution in [0.25, 0.3) is 0 Å². The van der Waals surface area contributed by atoms with E-state index >= 15 is 0 Å². The SMILES string of the molecule is COc1cc(OC(=O)C=C(Cl)Cl)cc(OC)c1OC. The molecule has 0 radical (unpaired) electrons. The Kier molecular flexibility index (Phi) is 5.79. The maximum Gasteiger partial charge on any atom is 0.338 e. The van der Waals surface area contributed by atoms with Crippen molar-refractivity contribution in [2.24, 2.45) is 0 Å². The van der Waals surface area contributed by atoms with Gasteiger partial charge < -0.3 is 18.9 Å². The molecule has 0 saturated carbocycles. The minimum atomic E-state index is -0.714. The number of hydrogen-bond donors (Lipinski definition) is 0. The van der Waals surface area contributed by atoms with Crippen LogP contribution < -0.4 is 18.9 Å². The number of esters is 1. The first-order valence-corrected chi connectivity index (χ1v) is 5.82. The molecule has 104 valence electrons. The Morgan fingerprint density at radius 1 is 1.05 bits per heavy atom. The van der Waals surface area contributed by atoms with Crippen molar-refractivity contribution in [3.05, 3.63) is 22.7 Å². The van der Waals surface area contributed by atoms with Gasteiger partial charge in [0.1, 0.15) is 10.2 Å². The Hall–Kier alpha value is -1.59. The van der Waals surface area contributed by atoms with E-state index in [-0.39, 0.29) is 10.2 Å². The van der Waals surface area contributed by atoms with Gasteiger partial charge in [-0.3, -0.25) is 0 Å². The number of halogens is 2. The molecule has 1 rings (SSSR count). The highest BCUT2D eigenvalue weighted by Gasteiger charge is 2.15. The van der Waals surface area contributed by atoms with Gasteiger partial charge in [0.2, 0.25) is 5.75 Å². The van der Waals surface area contributed by atoms with Crippen molar-refractivity contribution in [2.75, 3.05) is 21.3 Å². The quantitative estimate of drug-likeness (QED) is 0.475. The third-order valence-electron chi connectivity index (χ3n) is 2.08. The van der Waals surface area contributed by atoms with Crippen LogP contribution in [0.15, 0.2) is 22.7 Å². The summed E-state index contributed by atoms with van der Waals surface area (Å²) in [5, 5.41) is 0. The number of methoxy groups -OCH3 is 3. The van der Waals surface area contributed by atoms with E-state index in [1.807, 2.05) is 0 Å². The molecule has 19 heavy (non-hydrogen) atoms. The minimum Gasteiger partial charge on any atom is -0.493 e. The van der Waals surface area contributed by atoms with Gasteiger partial charge in [0.15, 0.2) is 11.5 Å². The molecule has 0 spiro atoms. The van der Waals surface area contributed by atoms with Gasteiger partial charge >= 0.3 is 5.97 Å². The van der Waals surface area contributed by atoms with Gasteiger partial charge in [-0.15, -0.1) is 0 Å². The Balaban J connectivity index is 3.09. The highest BCUT2D eigenvalue weighted by molar-refractivity contribution is 6.56. The maximum absolute atomic E-state index is 11.4. The van der Waals surface area contributed by atoms with Crippen LogP contribution in [-0.2, 0) is 4.79 Å². The molecule has 0 aliphatic carbocycles. The van der Waals surface area contributed by atoms with Gasteiger partial charge in [0, 0.05) is 12.1 Å². The van der Waals surface area contributed by atoms with E-state index in [1.165, 1.54) is 33.5 Å². The van der Waals surface area contributed by atoms with Crippen LogP contribution in [0.3, 0.4) is 0 Å². The van der Waals surface area contributed by atoms with E-state index in [4.69, 9.17) is 42.1 Å². The lowest BCUT2D eigenvalue weighted by Gasteiger charge is -2.13. The normalized spacial score (nSPS) is 9.53. The van der Waals surface area contributed by atoms with Crippen molar-refractivity contribution in [3.8, 4) is 23.0 Å². The third-order valence-corrected chi connectivity index (χ3v) is 2.30. The smallest absolute Gasteiger partial charge is 0.338 e. The van der Waals surface area contributed by atoms with E-state index in [9.17, 15) is 4.79 Å². The summed E-state index contributed by atoms with van der Waals surface area (Å²) in [4.78, 5) is 11.4. The number of carbonyl (C=O) groups excluding carboxylic acids is 1. The lowest BCUT2D eigenvalue weighted by atomic mass is 10.2. The lowest BCUT2D eigenvalue weighted by Crippen LogP contribution is -2.05. The lowest BCUT2D eigenvalue weighted by molar-refractivity contribution is -0.129. The predicted octanol–water partition coefficient (Wildman–Crippen LogP) is 2.94. The molecule has 1 aromatic rings. The summed E-state index contributed by atoms with van der Waals surface area (Å²) in [6.45, 7) is 0. The minimum absolute atomic E-state index is 0.197. The zero-order valence-corrected chi connectivity index (χ0v) is 12.0. The molecule has 0 N–H and O–H groups in total. The fourth-order valence-corrected chi connectivity index (χ4v) is 1.53. The maximum atomic E-state index is 11.4. The van der Waals surface area contributed by atoms with Gasteiger partial charge in [0.05, 0.1) is 27.4 Å². The zero-order valence-electron chi connectivity index (χ0n) is 10.5. The van der Waals surface area contributed by atoms with Crippen molar-refractivity contribution in [1.29, 1.82) is 0 Å². The molecule has 5 nitrogen and oxygen atoms in total. The van der Waals surface area contributed by atoms with Crippen LogP contribution >= 0.6 is 23.2 Å². The largest absolute Gasteiger partial charge is 0.493 e. The Morgan fingerprint density at radius 2 is 1.58 bits per heavy atom. The van der Waals surface area contributed by atoms with E-state index in [1.54, 1.807) is 0 Å². The molecule has 0 bridgehead atoms. The fourth-order valence-electron chi connectivity index (χ4n) is 1.35. The summed E-state index contributed by atoms with van der Waals surface area (Å²) in [5.74, 6) is 0.631. The van der Waals surface area contributed by atoms with Crippen molar-refractivity contribution < 1.29 is 23.7 Å². The van der Waals surface area contributed by atoms with Gasteiger partial charge in [-0.1, -0.05) is 23.2 Å². The van der Waals surface area contributed by atoms with Crippen LogP contribution in [0.2, 0.25) is 0 Å². The monoisotopic (exact) mass is 306 g/mol. The molecule has 1 aromatic carbocycles. The molecule has 0 aliphatic rings. The molecule has 7 heteroatoms. The summed E-state index contributed by atoms with van der Waals surface area (Å²) >= 11 is 10.7. The van der Waals surface area contributed by atoms with Gasteiger partial charge in [-0.2, -0.15) is 0 Å². The first-order valence-electron chi connectivity index (χ1n) is 5.06. The Labute approximate surface area is 120 Å². The van der Waals surface area contributed by atoms with E-state index in [0.717, 1.165) is 6.08 Å². The van der Waals surface area contributed by atoms with Crippen LogP contribution in [0.4, 0.5) is 0 Å². The number of hydrogen-bond acceptors (Lipinski definition) is 5. The second kappa shape index (κ2) is 7.11. The Morgan fingerprint density at radius 3 is 1.95 bits per heavy atom. The molecule has 0 unspecified atom stereocenters. The molecule has 0 saturated heterocycles.